The molecule has 0 saturated carbocycles. The predicted octanol–water partition coefficient (Wildman–Crippen LogP) is 1.68. The molecule has 1 heterocycles. The van der Waals surface area contributed by atoms with Crippen LogP contribution in [0, 0.1) is 3.57 Å². The fraction of sp³-hybridized carbons (Fsp3) is 0.529. The highest BCUT2D eigenvalue weighted by Gasteiger charge is 2.24. The Kier molecular flexibility index (Phi) is 7.93. The molecular weight excluding hydrogens is 423 g/mol. The summed E-state index contributed by atoms with van der Waals surface area (Å²) in [5.41, 5.74) is 0.697. The number of likely N-dealkylation sites (tertiary alicyclic amines) is 1. The second-order valence-corrected chi connectivity index (χ2v) is 6.82. The molecule has 0 aliphatic carbocycles. The zero-order valence-corrected chi connectivity index (χ0v) is 16.0. The first-order valence-electron chi connectivity index (χ1n) is 8.01. The topological polar surface area (TPSA) is 67.9 Å². The van der Waals surface area contributed by atoms with Crippen LogP contribution in [0.15, 0.2) is 24.3 Å². The van der Waals surface area contributed by atoms with E-state index in [1.807, 2.05) is 24.3 Å². The van der Waals surface area contributed by atoms with Gasteiger partial charge in [0.15, 0.2) is 0 Å². The van der Waals surface area contributed by atoms with Crippen molar-refractivity contribution in [3.05, 3.63) is 33.4 Å². The molecule has 6 nitrogen and oxygen atoms in total. The number of hydrogen-bond donors (Lipinski definition) is 1. The highest BCUT2D eigenvalue weighted by Crippen LogP contribution is 2.14. The molecule has 0 radical (unpaired) electrons. The Morgan fingerprint density at radius 2 is 1.96 bits per heavy atom. The summed E-state index contributed by atoms with van der Waals surface area (Å²) < 4.78 is 11.1. The van der Waals surface area contributed by atoms with Crippen LogP contribution in [-0.4, -0.2) is 62.8 Å². The van der Waals surface area contributed by atoms with Crippen molar-refractivity contribution < 1.29 is 19.1 Å². The van der Waals surface area contributed by atoms with Crippen LogP contribution in [0.4, 0.5) is 0 Å². The van der Waals surface area contributed by atoms with Gasteiger partial charge in [0.05, 0.1) is 18.8 Å². The first-order valence-corrected chi connectivity index (χ1v) is 9.09. The molecule has 0 unspecified atom stereocenters. The average Bonchev–Trinajstić information content (AvgIpc) is 2.59. The van der Waals surface area contributed by atoms with Crippen LogP contribution in [-0.2, 0) is 14.3 Å². The molecule has 0 bridgehead atoms. The molecule has 1 N–H and O–H groups in total. The van der Waals surface area contributed by atoms with Gasteiger partial charge in [0.1, 0.15) is 6.61 Å². The molecule has 24 heavy (non-hydrogen) atoms. The molecule has 2 amide bonds. The van der Waals surface area contributed by atoms with Gasteiger partial charge in [-0.05, 0) is 47.6 Å². The van der Waals surface area contributed by atoms with Gasteiger partial charge in [0, 0.05) is 29.8 Å². The van der Waals surface area contributed by atoms with Crippen molar-refractivity contribution >= 4 is 34.4 Å². The third-order valence-electron chi connectivity index (χ3n) is 3.96. The molecule has 0 spiro atoms. The number of carbonyl (C=O) groups excluding carboxylic acids is 2. The number of halogens is 1. The lowest BCUT2D eigenvalue weighted by atomic mass is 10.0. The standard InChI is InChI=1S/C17H23IN2O4/c1-23-10-11-24-12-16(21)20-8-6-13(7-9-20)19-17(22)14-4-2-3-5-15(14)18/h2-5,13H,6-12H2,1H3,(H,19,22). The zero-order chi connectivity index (χ0) is 17.4. The van der Waals surface area contributed by atoms with Gasteiger partial charge < -0.3 is 19.7 Å². The number of ether oxygens (including phenoxy) is 2. The van der Waals surface area contributed by atoms with Crippen molar-refractivity contribution in [1.82, 2.24) is 10.2 Å². The van der Waals surface area contributed by atoms with Crippen LogP contribution in [0.2, 0.25) is 0 Å². The first kappa shape index (κ1) is 19.1. The molecule has 1 aromatic rings. The van der Waals surface area contributed by atoms with E-state index in [2.05, 4.69) is 27.9 Å². The second-order valence-electron chi connectivity index (χ2n) is 5.65. The summed E-state index contributed by atoms with van der Waals surface area (Å²) in [6.07, 6.45) is 1.53. The molecule has 2 rings (SSSR count). The van der Waals surface area contributed by atoms with Crippen molar-refractivity contribution in [3.63, 3.8) is 0 Å². The third kappa shape index (κ3) is 5.71. The molecular formula is C17H23IN2O4. The van der Waals surface area contributed by atoms with E-state index in [0.717, 1.165) is 16.4 Å². The van der Waals surface area contributed by atoms with Crippen molar-refractivity contribution in [1.29, 1.82) is 0 Å². The highest BCUT2D eigenvalue weighted by atomic mass is 127. The van der Waals surface area contributed by atoms with Gasteiger partial charge in [0.2, 0.25) is 5.91 Å². The SMILES string of the molecule is COCCOCC(=O)N1CCC(NC(=O)c2ccccc2I)CC1. The van der Waals surface area contributed by atoms with Crippen LogP contribution in [0.1, 0.15) is 23.2 Å². The molecule has 1 saturated heterocycles. The molecule has 1 aromatic carbocycles. The monoisotopic (exact) mass is 446 g/mol. The summed E-state index contributed by atoms with van der Waals surface area (Å²) in [6.45, 7) is 2.28. The molecule has 7 heteroatoms. The van der Waals surface area contributed by atoms with Gasteiger partial charge in [-0.3, -0.25) is 9.59 Å². The van der Waals surface area contributed by atoms with E-state index in [1.165, 1.54) is 0 Å². The lowest BCUT2D eigenvalue weighted by Crippen LogP contribution is -2.47. The number of nitrogens with one attached hydrogen (secondary N) is 1. The second kappa shape index (κ2) is 9.95. The van der Waals surface area contributed by atoms with Crippen LogP contribution in [0.3, 0.4) is 0 Å². The maximum absolute atomic E-state index is 12.3. The van der Waals surface area contributed by atoms with Crippen LogP contribution in [0.5, 0.6) is 0 Å². The molecule has 132 valence electrons. The summed E-state index contributed by atoms with van der Waals surface area (Å²) in [5.74, 6) is -0.0545. The molecule has 1 aliphatic rings. The van der Waals surface area contributed by atoms with Crippen molar-refractivity contribution in [2.75, 3.05) is 40.0 Å². The highest BCUT2D eigenvalue weighted by molar-refractivity contribution is 14.1. The van der Waals surface area contributed by atoms with Crippen molar-refractivity contribution in [2.24, 2.45) is 0 Å². The Balaban J connectivity index is 1.73. The number of methoxy groups -OCH3 is 1. The van der Waals surface area contributed by atoms with Crippen LogP contribution < -0.4 is 5.32 Å². The fourth-order valence-electron chi connectivity index (χ4n) is 2.57. The molecule has 1 aliphatic heterocycles. The van der Waals surface area contributed by atoms with E-state index >= 15 is 0 Å². The Morgan fingerprint density at radius 3 is 2.62 bits per heavy atom. The fourth-order valence-corrected chi connectivity index (χ4v) is 3.21. The minimum Gasteiger partial charge on any atom is -0.382 e. The number of nitrogens with zero attached hydrogens (tertiary/aromatic N) is 1. The molecule has 0 aromatic heterocycles. The minimum atomic E-state index is -0.0484. The van der Waals surface area contributed by atoms with E-state index in [4.69, 9.17) is 9.47 Å². The quantitative estimate of drug-likeness (QED) is 0.512. The van der Waals surface area contributed by atoms with E-state index in [1.54, 1.807) is 12.0 Å². The maximum Gasteiger partial charge on any atom is 0.252 e. The number of carbonyl (C=O) groups is 2. The lowest BCUT2D eigenvalue weighted by molar-refractivity contribution is -0.137. The van der Waals surface area contributed by atoms with Gasteiger partial charge in [0.25, 0.3) is 5.91 Å². The Morgan fingerprint density at radius 1 is 1.25 bits per heavy atom. The average molecular weight is 446 g/mol. The number of benzene rings is 1. The number of amides is 2. The van der Waals surface area contributed by atoms with E-state index in [9.17, 15) is 9.59 Å². The van der Waals surface area contributed by atoms with Crippen molar-refractivity contribution in [2.45, 2.75) is 18.9 Å². The predicted molar refractivity (Wildman–Crippen MR) is 98.9 cm³/mol. The van der Waals surface area contributed by atoms with Gasteiger partial charge in [-0.2, -0.15) is 0 Å². The summed E-state index contributed by atoms with van der Waals surface area (Å²) in [4.78, 5) is 26.1. The van der Waals surface area contributed by atoms with Crippen molar-refractivity contribution in [3.8, 4) is 0 Å². The Bertz CT molecular complexity index is 559. The van der Waals surface area contributed by atoms with Gasteiger partial charge in [-0.1, -0.05) is 12.1 Å². The molecule has 1 fully saturated rings. The van der Waals surface area contributed by atoms with E-state index < -0.39 is 0 Å². The number of hydrogen-bond acceptors (Lipinski definition) is 4. The summed E-state index contributed by atoms with van der Waals surface area (Å²) in [6, 6.07) is 7.62. The summed E-state index contributed by atoms with van der Waals surface area (Å²) in [7, 11) is 1.60. The first-order chi connectivity index (χ1) is 11.6. The number of piperidine rings is 1. The largest absolute Gasteiger partial charge is 0.382 e. The number of rotatable bonds is 7. The third-order valence-corrected chi connectivity index (χ3v) is 4.90. The molecule has 0 atom stereocenters. The summed E-state index contributed by atoms with van der Waals surface area (Å²) >= 11 is 2.16. The van der Waals surface area contributed by atoms with E-state index in [0.29, 0.717) is 31.9 Å². The summed E-state index contributed by atoms with van der Waals surface area (Å²) in [5, 5.41) is 3.07. The van der Waals surface area contributed by atoms with Gasteiger partial charge >= 0.3 is 0 Å². The van der Waals surface area contributed by atoms with Crippen LogP contribution >= 0.6 is 22.6 Å². The smallest absolute Gasteiger partial charge is 0.252 e. The van der Waals surface area contributed by atoms with Gasteiger partial charge in [-0.25, -0.2) is 0 Å². The Labute approximate surface area is 156 Å². The Hall–Kier alpha value is -1.19. The zero-order valence-electron chi connectivity index (χ0n) is 13.8. The maximum atomic E-state index is 12.3. The van der Waals surface area contributed by atoms with Crippen LogP contribution in [0.25, 0.3) is 0 Å². The van der Waals surface area contributed by atoms with E-state index in [-0.39, 0.29) is 24.5 Å². The normalized spacial score (nSPS) is 15.3. The minimum absolute atomic E-state index is 0.00603. The lowest BCUT2D eigenvalue weighted by Gasteiger charge is -2.32. The van der Waals surface area contributed by atoms with Gasteiger partial charge in [-0.15, -0.1) is 0 Å².